The van der Waals surface area contributed by atoms with Crippen molar-refractivity contribution in [2.24, 2.45) is 5.92 Å². The van der Waals surface area contributed by atoms with Gasteiger partial charge in [0.1, 0.15) is 0 Å². The van der Waals surface area contributed by atoms with E-state index in [2.05, 4.69) is 0 Å². The van der Waals surface area contributed by atoms with Crippen LogP contribution in [0.1, 0.15) is 26.2 Å². The maximum atomic E-state index is 11.1. The zero-order valence-corrected chi connectivity index (χ0v) is 6.13. The van der Waals surface area contributed by atoms with Gasteiger partial charge in [0.15, 0.2) is 5.78 Å². The first kappa shape index (κ1) is 7.32. The van der Waals surface area contributed by atoms with E-state index in [0.29, 0.717) is 5.57 Å². The van der Waals surface area contributed by atoms with E-state index in [1.54, 1.807) is 0 Å². The molecule has 0 spiro atoms. The van der Waals surface area contributed by atoms with Gasteiger partial charge < -0.3 is 5.11 Å². The molecule has 1 saturated carbocycles. The molecule has 1 rings (SSSR count). The smallest absolute Gasteiger partial charge is 0.164 e. The van der Waals surface area contributed by atoms with Crippen molar-refractivity contribution in [2.75, 3.05) is 0 Å². The van der Waals surface area contributed by atoms with E-state index in [1.165, 1.54) is 0 Å². The molecule has 0 saturated heterocycles. The number of allylic oxidation sites excluding steroid dienone is 1. The van der Waals surface area contributed by atoms with Crippen LogP contribution in [0.15, 0.2) is 11.8 Å². The summed E-state index contributed by atoms with van der Waals surface area (Å²) in [5.74, 6) is 0.237. The van der Waals surface area contributed by atoms with Crippen LogP contribution in [0.3, 0.4) is 0 Å². The molecule has 0 heterocycles. The number of aliphatic hydroxyl groups is 1. The molecule has 1 unspecified atom stereocenters. The zero-order valence-electron chi connectivity index (χ0n) is 6.13. The highest BCUT2D eigenvalue weighted by atomic mass is 16.2. The van der Waals surface area contributed by atoms with Crippen molar-refractivity contribution in [3.63, 3.8) is 0 Å². The summed E-state index contributed by atoms with van der Waals surface area (Å²) in [5.41, 5.74) is 0.596. The lowest BCUT2D eigenvalue weighted by Crippen LogP contribution is -2.18. The van der Waals surface area contributed by atoms with E-state index in [-0.39, 0.29) is 11.7 Å². The number of ketones is 1. The molecule has 1 atom stereocenters. The molecule has 0 aromatic heterocycles. The Morgan fingerprint density at radius 2 is 2.40 bits per heavy atom. The van der Waals surface area contributed by atoms with Crippen LogP contribution in [0.2, 0.25) is 0 Å². The van der Waals surface area contributed by atoms with E-state index >= 15 is 0 Å². The molecule has 1 N–H and O–H groups in total. The fourth-order valence-electron chi connectivity index (χ4n) is 1.30. The lowest BCUT2D eigenvalue weighted by Gasteiger charge is -2.17. The highest BCUT2D eigenvalue weighted by Gasteiger charge is 2.22. The molecule has 56 valence electrons. The van der Waals surface area contributed by atoms with Crippen molar-refractivity contribution in [1.29, 1.82) is 0 Å². The van der Waals surface area contributed by atoms with Crippen molar-refractivity contribution < 1.29 is 9.90 Å². The van der Waals surface area contributed by atoms with E-state index < -0.39 is 0 Å². The van der Waals surface area contributed by atoms with Crippen molar-refractivity contribution in [2.45, 2.75) is 26.2 Å². The lowest BCUT2D eigenvalue weighted by molar-refractivity contribution is -0.120. The lowest BCUT2D eigenvalue weighted by atomic mass is 9.86. The molecule has 0 amide bonds. The third-order valence-corrected chi connectivity index (χ3v) is 2.00. The highest BCUT2D eigenvalue weighted by molar-refractivity contribution is 5.97. The number of carbonyl (C=O) groups excluding carboxylic acids is 1. The molecule has 2 heteroatoms. The van der Waals surface area contributed by atoms with Crippen LogP contribution in [0.4, 0.5) is 0 Å². The minimum atomic E-state index is 0.118. The number of hydrogen-bond donors (Lipinski definition) is 1. The Labute approximate surface area is 60.6 Å². The second-order valence-electron chi connectivity index (χ2n) is 2.81. The Morgan fingerprint density at radius 1 is 1.70 bits per heavy atom. The molecule has 2 nitrogen and oxygen atoms in total. The summed E-state index contributed by atoms with van der Waals surface area (Å²) in [7, 11) is 0. The monoisotopic (exact) mass is 140 g/mol. The van der Waals surface area contributed by atoms with Crippen molar-refractivity contribution in [3.05, 3.63) is 11.8 Å². The summed E-state index contributed by atoms with van der Waals surface area (Å²) >= 11 is 0. The van der Waals surface area contributed by atoms with Gasteiger partial charge in [-0.15, -0.1) is 0 Å². The van der Waals surface area contributed by atoms with Crippen LogP contribution >= 0.6 is 0 Å². The second-order valence-corrected chi connectivity index (χ2v) is 2.81. The summed E-state index contributed by atoms with van der Waals surface area (Å²) in [6.07, 6.45) is 3.70. The molecule has 1 aliphatic rings. The third kappa shape index (κ3) is 1.20. The van der Waals surface area contributed by atoms with Gasteiger partial charge in [0.25, 0.3) is 0 Å². The van der Waals surface area contributed by atoms with Gasteiger partial charge in [0.05, 0.1) is 6.26 Å². The van der Waals surface area contributed by atoms with Crippen molar-refractivity contribution in [1.82, 2.24) is 0 Å². The third-order valence-electron chi connectivity index (χ3n) is 2.00. The SMILES string of the molecule is CC1CCCC(=CO)C1=O. The van der Waals surface area contributed by atoms with E-state index in [1.807, 2.05) is 6.92 Å². The topological polar surface area (TPSA) is 37.3 Å². The van der Waals surface area contributed by atoms with Gasteiger partial charge in [-0.1, -0.05) is 6.92 Å². The van der Waals surface area contributed by atoms with Crippen LogP contribution in [-0.4, -0.2) is 10.9 Å². The second kappa shape index (κ2) is 2.86. The van der Waals surface area contributed by atoms with Crippen LogP contribution in [0, 0.1) is 5.92 Å². The predicted octanol–water partition coefficient (Wildman–Crippen LogP) is 1.82. The minimum Gasteiger partial charge on any atom is -0.515 e. The van der Waals surface area contributed by atoms with Gasteiger partial charge in [-0.2, -0.15) is 0 Å². The fourth-order valence-corrected chi connectivity index (χ4v) is 1.30. The summed E-state index contributed by atoms with van der Waals surface area (Å²) in [5, 5.41) is 8.60. The Morgan fingerprint density at radius 3 is 2.90 bits per heavy atom. The number of Topliss-reactive ketones (excluding diaryl/α,β-unsaturated/α-hetero) is 1. The molecule has 10 heavy (non-hydrogen) atoms. The molecule has 0 aromatic carbocycles. The molecule has 1 aliphatic carbocycles. The van der Waals surface area contributed by atoms with Crippen LogP contribution in [-0.2, 0) is 4.79 Å². The first-order valence-electron chi connectivity index (χ1n) is 3.63. The summed E-state index contributed by atoms with van der Waals surface area (Å²) in [6.45, 7) is 1.91. The first-order valence-corrected chi connectivity index (χ1v) is 3.63. The largest absolute Gasteiger partial charge is 0.515 e. The van der Waals surface area contributed by atoms with Crippen LogP contribution in [0.25, 0.3) is 0 Å². The Bertz CT molecular complexity index is 170. The van der Waals surface area contributed by atoms with Crippen LogP contribution < -0.4 is 0 Å². The molecular weight excluding hydrogens is 128 g/mol. The zero-order chi connectivity index (χ0) is 7.56. The van der Waals surface area contributed by atoms with Crippen molar-refractivity contribution in [3.8, 4) is 0 Å². The molecule has 0 aliphatic heterocycles. The summed E-state index contributed by atoms with van der Waals surface area (Å²) in [4.78, 5) is 11.1. The predicted molar refractivity (Wildman–Crippen MR) is 38.7 cm³/mol. The number of hydrogen-bond acceptors (Lipinski definition) is 2. The Hall–Kier alpha value is -0.790. The Balaban J connectivity index is 2.69. The van der Waals surface area contributed by atoms with Crippen LogP contribution in [0.5, 0.6) is 0 Å². The average molecular weight is 140 g/mol. The summed E-state index contributed by atoms with van der Waals surface area (Å²) < 4.78 is 0. The van der Waals surface area contributed by atoms with Gasteiger partial charge >= 0.3 is 0 Å². The fraction of sp³-hybridized carbons (Fsp3) is 0.625. The average Bonchev–Trinajstić information content (AvgIpc) is 1.95. The van der Waals surface area contributed by atoms with Gasteiger partial charge in [-0.3, -0.25) is 4.79 Å². The molecular formula is C8H12O2. The van der Waals surface area contributed by atoms with Gasteiger partial charge in [-0.05, 0) is 19.3 Å². The van der Waals surface area contributed by atoms with E-state index in [9.17, 15) is 4.79 Å². The quantitative estimate of drug-likeness (QED) is 0.411. The number of aliphatic hydroxyl groups excluding tert-OH is 1. The van der Waals surface area contributed by atoms with Crippen molar-refractivity contribution >= 4 is 5.78 Å². The van der Waals surface area contributed by atoms with E-state index in [0.717, 1.165) is 25.5 Å². The standard InChI is InChI=1S/C8H12O2/c1-6-3-2-4-7(5-9)8(6)10/h5-6,9H,2-4H2,1H3. The maximum Gasteiger partial charge on any atom is 0.164 e. The summed E-state index contributed by atoms with van der Waals surface area (Å²) in [6, 6.07) is 0. The highest BCUT2D eigenvalue weighted by Crippen LogP contribution is 2.23. The van der Waals surface area contributed by atoms with Gasteiger partial charge in [0.2, 0.25) is 0 Å². The molecule has 0 radical (unpaired) electrons. The van der Waals surface area contributed by atoms with E-state index in [4.69, 9.17) is 5.11 Å². The normalized spacial score (nSPS) is 31.1. The van der Waals surface area contributed by atoms with Gasteiger partial charge in [0, 0.05) is 11.5 Å². The maximum absolute atomic E-state index is 11.1. The molecule has 0 aromatic rings. The van der Waals surface area contributed by atoms with Gasteiger partial charge in [-0.25, -0.2) is 0 Å². The Kier molecular flexibility index (Phi) is 2.10. The molecule has 0 bridgehead atoms. The minimum absolute atomic E-state index is 0.118. The molecule has 1 fully saturated rings. The first-order chi connectivity index (χ1) is 4.75. The number of carbonyl (C=O) groups is 1. The number of rotatable bonds is 0.